The van der Waals surface area contributed by atoms with Crippen molar-refractivity contribution >= 4 is 5.95 Å². The molecule has 2 atom stereocenters. The zero-order valence-corrected chi connectivity index (χ0v) is 11.8. The predicted octanol–water partition coefficient (Wildman–Crippen LogP) is 1.68. The van der Waals surface area contributed by atoms with Crippen molar-refractivity contribution in [2.45, 2.75) is 31.7 Å². The van der Waals surface area contributed by atoms with Gasteiger partial charge in [0, 0.05) is 44.6 Å². The van der Waals surface area contributed by atoms with E-state index in [1.807, 2.05) is 6.07 Å². The van der Waals surface area contributed by atoms with Gasteiger partial charge >= 0.3 is 0 Å². The molecule has 0 amide bonds. The van der Waals surface area contributed by atoms with E-state index in [1.54, 1.807) is 12.4 Å². The standard InChI is InChI=1S/C15H21N5/c16-12-13-4-1-2-5-14(13)19-8-10-20(11-9-19)15-17-6-3-7-18-15/h3,6-7,13-14H,1-2,4-5,8-11H2. The lowest BCUT2D eigenvalue weighted by Gasteiger charge is -2.42. The number of nitriles is 1. The molecule has 0 N–H and O–H groups in total. The Hall–Kier alpha value is -1.67. The lowest BCUT2D eigenvalue weighted by atomic mass is 9.84. The van der Waals surface area contributed by atoms with E-state index in [1.165, 1.54) is 19.3 Å². The van der Waals surface area contributed by atoms with Crippen molar-refractivity contribution in [2.24, 2.45) is 5.92 Å². The predicted molar refractivity (Wildman–Crippen MR) is 77.2 cm³/mol. The van der Waals surface area contributed by atoms with Crippen molar-refractivity contribution in [3.63, 3.8) is 0 Å². The highest BCUT2D eigenvalue weighted by Crippen LogP contribution is 2.29. The van der Waals surface area contributed by atoms with Crippen LogP contribution >= 0.6 is 0 Å². The van der Waals surface area contributed by atoms with Crippen LogP contribution in [0.4, 0.5) is 5.95 Å². The van der Waals surface area contributed by atoms with Gasteiger partial charge in [-0.1, -0.05) is 12.8 Å². The third-order valence-electron chi connectivity index (χ3n) is 4.51. The first kappa shape index (κ1) is 13.3. The van der Waals surface area contributed by atoms with Crippen LogP contribution in [0.3, 0.4) is 0 Å². The third-order valence-corrected chi connectivity index (χ3v) is 4.51. The Morgan fingerprint density at radius 3 is 2.45 bits per heavy atom. The fourth-order valence-electron chi connectivity index (χ4n) is 3.41. The zero-order chi connectivity index (χ0) is 13.8. The smallest absolute Gasteiger partial charge is 0.225 e. The maximum Gasteiger partial charge on any atom is 0.225 e. The van der Waals surface area contributed by atoms with Gasteiger partial charge in [0.2, 0.25) is 5.95 Å². The van der Waals surface area contributed by atoms with E-state index in [4.69, 9.17) is 0 Å². The van der Waals surface area contributed by atoms with Crippen molar-refractivity contribution in [3.8, 4) is 6.07 Å². The molecule has 1 aromatic heterocycles. The Kier molecular flexibility index (Phi) is 4.12. The lowest BCUT2D eigenvalue weighted by molar-refractivity contribution is 0.120. The molecule has 0 bridgehead atoms. The molecule has 2 fully saturated rings. The summed E-state index contributed by atoms with van der Waals surface area (Å²) >= 11 is 0. The molecule has 1 aliphatic carbocycles. The Balaban J connectivity index is 1.60. The molecule has 3 rings (SSSR count). The SMILES string of the molecule is N#CC1CCCCC1N1CCN(c2ncccn2)CC1. The lowest BCUT2D eigenvalue weighted by Crippen LogP contribution is -2.53. The van der Waals surface area contributed by atoms with Crippen LogP contribution in [0.15, 0.2) is 18.5 Å². The summed E-state index contributed by atoms with van der Waals surface area (Å²) in [4.78, 5) is 13.4. The van der Waals surface area contributed by atoms with E-state index in [-0.39, 0.29) is 5.92 Å². The maximum atomic E-state index is 9.32. The van der Waals surface area contributed by atoms with Gasteiger partial charge in [0.25, 0.3) is 0 Å². The highest BCUT2D eigenvalue weighted by Gasteiger charge is 2.32. The first-order chi connectivity index (χ1) is 9.88. The fraction of sp³-hybridized carbons (Fsp3) is 0.667. The van der Waals surface area contributed by atoms with Gasteiger partial charge in [0.15, 0.2) is 0 Å². The number of hydrogen-bond donors (Lipinski definition) is 0. The second-order valence-corrected chi connectivity index (χ2v) is 5.66. The van der Waals surface area contributed by atoms with Gasteiger partial charge in [0.05, 0.1) is 12.0 Å². The molecule has 1 aliphatic heterocycles. The van der Waals surface area contributed by atoms with E-state index in [0.29, 0.717) is 6.04 Å². The van der Waals surface area contributed by atoms with Crippen LogP contribution in [0.5, 0.6) is 0 Å². The first-order valence-electron chi connectivity index (χ1n) is 7.54. The molecule has 1 saturated carbocycles. The van der Waals surface area contributed by atoms with Crippen molar-refractivity contribution < 1.29 is 0 Å². The second-order valence-electron chi connectivity index (χ2n) is 5.66. The van der Waals surface area contributed by atoms with Gasteiger partial charge in [-0.2, -0.15) is 5.26 Å². The van der Waals surface area contributed by atoms with E-state index in [0.717, 1.165) is 38.5 Å². The van der Waals surface area contributed by atoms with Gasteiger partial charge in [-0.05, 0) is 18.9 Å². The highest BCUT2D eigenvalue weighted by molar-refractivity contribution is 5.29. The van der Waals surface area contributed by atoms with Crippen LogP contribution < -0.4 is 4.90 Å². The monoisotopic (exact) mass is 271 g/mol. The molecule has 2 aliphatic rings. The van der Waals surface area contributed by atoms with Crippen molar-refractivity contribution in [3.05, 3.63) is 18.5 Å². The molecular weight excluding hydrogens is 250 g/mol. The Bertz CT molecular complexity index is 461. The molecular formula is C15H21N5. The van der Waals surface area contributed by atoms with Crippen molar-refractivity contribution in [1.82, 2.24) is 14.9 Å². The molecule has 5 heteroatoms. The van der Waals surface area contributed by atoms with Gasteiger partial charge in [0.1, 0.15) is 0 Å². The Morgan fingerprint density at radius 1 is 1.05 bits per heavy atom. The van der Waals surface area contributed by atoms with Crippen LogP contribution in [0.25, 0.3) is 0 Å². The molecule has 106 valence electrons. The molecule has 0 radical (unpaired) electrons. The summed E-state index contributed by atoms with van der Waals surface area (Å²) in [5.41, 5.74) is 0. The Labute approximate surface area is 120 Å². The molecule has 5 nitrogen and oxygen atoms in total. The first-order valence-corrected chi connectivity index (χ1v) is 7.54. The van der Waals surface area contributed by atoms with Gasteiger partial charge in [-0.3, -0.25) is 4.90 Å². The number of anilines is 1. The summed E-state index contributed by atoms with van der Waals surface area (Å²) in [6.07, 6.45) is 8.32. The minimum atomic E-state index is 0.225. The fourth-order valence-corrected chi connectivity index (χ4v) is 3.41. The normalized spacial score (nSPS) is 28.1. The van der Waals surface area contributed by atoms with E-state index in [2.05, 4.69) is 25.8 Å². The van der Waals surface area contributed by atoms with Gasteiger partial charge < -0.3 is 4.90 Å². The summed E-state index contributed by atoms with van der Waals surface area (Å²) in [6, 6.07) is 4.83. The molecule has 2 unspecified atom stereocenters. The highest BCUT2D eigenvalue weighted by atomic mass is 15.3. The number of nitrogens with zero attached hydrogens (tertiary/aromatic N) is 5. The topological polar surface area (TPSA) is 56.1 Å². The summed E-state index contributed by atoms with van der Waals surface area (Å²) < 4.78 is 0. The molecule has 0 aromatic carbocycles. The minimum absolute atomic E-state index is 0.225. The van der Waals surface area contributed by atoms with E-state index in [9.17, 15) is 5.26 Å². The summed E-state index contributed by atoms with van der Waals surface area (Å²) in [5, 5.41) is 9.32. The van der Waals surface area contributed by atoms with Crippen LogP contribution in [0.2, 0.25) is 0 Å². The number of piperazine rings is 1. The third kappa shape index (κ3) is 2.75. The van der Waals surface area contributed by atoms with Crippen LogP contribution in [-0.2, 0) is 0 Å². The maximum absolute atomic E-state index is 9.32. The van der Waals surface area contributed by atoms with E-state index < -0.39 is 0 Å². The Morgan fingerprint density at radius 2 is 1.75 bits per heavy atom. The summed E-state index contributed by atoms with van der Waals surface area (Å²) in [7, 11) is 0. The average molecular weight is 271 g/mol. The second kappa shape index (κ2) is 6.19. The number of aromatic nitrogens is 2. The number of hydrogen-bond acceptors (Lipinski definition) is 5. The zero-order valence-electron chi connectivity index (χ0n) is 11.8. The van der Waals surface area contributed by atoms with Crippen LogP contribution in [-0.4, -0.2) is 47.1 Å². The average Bonchev–Trinajstić information content (AvgIpc) is 2.56. The molecule has 2 heterocycles. The van der Waals surface area contributed by atoms with Crippen molar-refractivity contribution in [1.29, 1.82) is 5.26 Å². The molecule has 0 spiro atoms. The van der Waals surface area contributed by atoms with Crippen LogP contribution in [0, 0.1) is 17.2 Å². The van der Waals surface area contributed by atoms with Gasteiger partial charge in [-0.25, -0.2) is 9.97 Å². The van der Waals surface area contributed by atoms with Gasteiger partial charge in [-0.15, -0.1) is 0 Å². The molecule has 1 aromatic rings. The molecule has 20 heavy (non-hydrogen) atoms. The summed E-state index contributed by atoms with van der Waals surface area (Å²) in [5.74, 6) is 1.05. The quantitative estimate of drug-likeness (QED) is 0.819. The largest absolute Gasteiger partial charge is 0.338 e. The van der Waals surface area contributed by atoms with Crippen LogP contribution in [0.1, 0.15) is 25.7 Å². The van der Waals surface area contributed by atoms with Crippen molar-refractivity contribution in [2.75, 3.05) is 31.1 Å². The minimum Gasteiger partial charge on any atom is -0.338 e. The molecule has 1 saturated heterocycles. The van der Waals surface area contributed by atoms with E-state index >= 15 is 0 Å². The summed E-state index contributed by atoms with van der Waals surface area (Å²) in [6.45, 7) is 3.94. The number of rotatable bonds is 2.